The van der Waals surface area contributed by atoms with Gasteiger partial charge in [-0.1, -0.05) is 35.9 Å². The van der Waals surface area contributed by atoms with Crippen LogP contribution in [0.2, 0.25) is 5.02 Å². The second-order valence-electron chi connectivity index (χ2n) is 4.28. The van der Waals surface area contributed by atoms with Gasteiger partial charge < -0.3 is 0 Å². The van der Waals surface area contributed by atoms with Gasteiger partial charge in [0.1, 0.15) is 5.82 Å². The zero-order chi connectivity index (χ0) is 14.7. The van der Waals surface area contributed by atoms with Crippen LogP contribution in [0.15, 0.2) is 36.4 Å². The van der Waals surface area contributed by atoms with E-state index in [-0.39, 0.29) is 22.6 Å². The van der Waals surface area contributed by atoms with Crippen molar-refractivity contribution < 1.29 is 13.2 Å². The summed E-state index contributed by atoms with van der Waals surface area (Å²) in [7, 11) is 0. The first kappa shape index (κ1) is 14.8. The Balaban J connectivity index is 2.34. The Morgan fingerprint density at radius 3 is 2.45 bits per heavy atom. The second kappa shape index (κ2) is 6.26. The van der Waals surface area contributed by atoms with E-state index in [0.717, 1.165) is 6.07 Å². The minimum Gasteiger partial charge on any atom is -0.271 e. The first-order chi connectivity index (χ1) is 9.54. The summed E-state index contributed by atoms with van der Waals surface area (Å²) in [5, 5.41) is -0.0533. The van der Waals surface area contributed by atoms with Crippen LogP contribution in [0.1, 0.15) is 17.2 Å². The maximum atomic E-state index is 13.9. The fourth-order valence-corrected chi connectivity index (χ4v) is 2.16. The molecular formula is C14H12ClF3N2. The zero-order valence-electron chi connectivity index (χ0n) is 10.3. The third-order valence-corrected chi connectivity index (χ3v) is 3.31. The maximum Gasteiger partial charge on any atom is 0.162 e. The molecule has 2 nitrogen and oxygen atoms in total. The van der Waals surface area contributed by atoms with Crippen LogP contribution in [-0.4, -0.2) is 0 Å². The van der Waals surface area contributed by atoms with Crippen molar-refractivity contribution in [3.63, 3.8) is 0 Å². The van der Waals surface area contributed by atoms with Crippen molar-refractivity contribution in [2.45, 2.75) is 12.5 Å². The summed E-state index contributed by atoms with van der Waals surface area (Å²) in [6.45, 7) is 0. The number of nitrogens with one attached hydrogen (secondary N) is 1. The molecule has 20 heavy (non-hydrogen) atoms. The lowest BCUT2D eigenvalue weighted by atomic mass is 9.98. The summed E-state index contributed by atoms with van der Waals surface area (Å²) in [6, 6.07) is 7.56. The van der Waals surface area contributed by atoms with Gasteiger partial charge >= 0.3 is 0 Å². The van der Waals surface area contributed by atoms with Crippen LogP contribution in [0.3, 0.4) is 0 Å². The molecule has 0 bridgehead atoms. The van der Waals surface area contributed by atoms with Crippen LogP contribution in [0.5, 0.6) is 0 Å². The average molecular weight is 301 g/mol. The molecule has 0 aromatic heterocycles. The second-order valence-corrected chi connectivity index (χ2v) is 4.69. The molecule has 0 amide bonds. The van der Waals surface area contributed by atoms with E-state index in [4.69, 9.17) is 17.4 Å². The Morgan fingerprint density at radius 2 is 1.75 bits per heavy atom. The van der Waals surface area contributed by atoms with Crippen LogP contribution in [0.4, 0.5) is 13.2 Å². The lowest BCUT2D eigenvalue weighted by Gasteiger charge is -2.18. The first-order valence-corrected chi connectivity index (χ1v) is 6.25. The van der Waals surface area contributed by atoms with Crippen LogP contribution in [-0.2, 0) is 6.42 Å². The highest BCUT2D eigenvalue weighted by Crippen LogP contribution is 2.26. The van der Waals surface area contributed by atoms with Crippen molar-refractivity contribution in [3.05, 3.63) is 70.0 Å². The van der Waals surface area contributed by atoms with Gasteiger partial charge in [-0.2, -0.15) is 0 Å². The molecule has 0 radical (unpaired) electrons. The van der Waals surface area contributed by atoms with Crippen LogP contribution in [0.25, 0.3) is 0 Å². The minimum absolute atomic E-state index is 0.00262. The molecular weight excluding hydrogens is 289 g/mol. The third kappa shape index (κ3) is 2.95. The SMILES string of the molecule is NNC(Cc1cccc(F)c1F)c1cccc(Cl)c1F. The van der Waals surface area contributed by atoms with Gasteiger partial charge in [-0.3, -0.25) is 11.3 Å². The molecule has 0 aliphatic heterocycles. The summed E-state index contributed by atoms with van der Waals surface area (Å²) in [6.07, 6.45) is -0.00262. The number of nitrogens with two attached hydrogens (primary N) is 1. The van der Waals surface area contributed by atoms with Crippen molar-refractivity contribution in [3.8, 4) is 0 Å². The Labute approximate surface area is 119 Å². The molecule has 0 heterocycles. The number of hydrogen-bond donors (Lipinski definition) is 2. The topological polar surface area (TPSA) is 38.0 Å². The number of hydrazine groups is 1. The molecule has 0 spiro atoms. The highest BCUT2D eigenvalue weighted by Gasteiger charge is 2.19. The van der Waals surface area contributed by atoms with Crippen molar-refractivity contribution in [1.29, 1.82) is 0 Å². The predicted molar refractivity (Wildman–Crippen MR) is 71.5 cm³/mol. The molecule has 2 aromatic rings. The Kier molecular flexibility index (Phi) is 4.65. The van der Waals surface area contributed by atoms with Crippen molar-refractivity contribution in [1.82, 2.24) is 5.43 Å². The minimum atomic E-state index is -0.963. The zero-order valence-corrected chi connectivity index (χ0v) is 11.1. The summed E-state index contributed by atoms with van der Waals surface area (Å²) >= 11 is 5.70. The molecule has 2 aromatic carbocycles. The fraction of sp³-hybridized carbons (Fsp3) is 0.143. The Morgan fingerprint density at radius 1 is 1.05 bits per heavy atom. The van der Waals surface area contributed by atoms with E-state index >= 15 is 0 Å². The number of hydrogen-bond acceptors (Lipinski definition) is 2. The smallest absolute Gasteiger partial charge is 0.162 e. The van der Waals surface area contributed by atoms with E-state index in [9.17, 15) is 13.2 Å². The van der Waals surface area contributed by atoms with Gasteiger partial charge in [0.05, 0.1) is 11.1 Å². The lowest BCUT2D eigenvalue weighted by Crippen LogP contribution is -2.30. The standard InChI is InChI=1S/C14H12ClF3N2/c15-10-5-2-4-9(14(10)18)12(20-19)7-8-3-1-6-11(16)13(8)17/h1-6,12,20H,7,19H2. The van der Waals surface area contributed by atoms with Crippen molar-refractivity contribution >= 4 is 11.6 Å². The Hall–Kier alpha value is -1.56. The average Bonchev–Trinajstić information content (AvgIpc) is 2.44. The van der Waals surface area contributed by atoms with Gasteiger partial charge in [-0.15, -0.1) is 0 Å². The normalized spacial score (nSPS) is 12.4. The molecule has 3 N–H and O–H groups in total. The van der Waals surface area contributed by atoms with E-state index in [1.54, 1.807) is 6.07 Å². The maximum absolute atomic E-state index is 13.9. The van der Waals surface area contributed by atoms with Crippen LogP contribution in [0, 0.1) is 17.5 Å². The van der Waals surface area contributed by atoms with Gasteiger partial charge in [0.2, 0.25) is 0 Å². The summed E-state index contributed by atoms with van der Waals surface area (Å²) < 4.78 is 40.7. The van der Waals surface area contributed by atoms with Crippen molar-refractivity contribution in [2.75, 3.05) is 0 Å². The van der Waals surface area contributed by atoms with Crippen LogP contribution < -0.4 is 11.3 Å². The summed E-state index contributed by atoms with van der Waals surface area (Å²) in [4.78, 5) is 0. The molecule has 0 fully saturated rings. The van der Waals surface area contributed by atoms with Gasteiger partial charge in [0, 0.05) is 5.56 Å². The summed E-state index contributed by atoms with van der Waals surface area (Å²) in [5.74, 6) is 2.84. The number of halogens is 4. The highest BCUT2D eigenvalue weighted by molar-refractivity contribution is 6.30. The molecule has 1 atom stereocenters. The molecule has 1 unspecified atom stereocenters. The van der Waals surface area contributed by atoms with E-state index in [0.29, 0.717) is 0 Å². The lowest BCUT2D eigenvalue weighted by molar-refractivity contribution is 0.472. The highest BCUT2D eigenvalue weighted by atomic mass is 35.5. The Bertz CT molecular complexity index is 619. The molecule has 0 saturated heterocycles. The van der Waals surface area contributed by atoms with Gasteiger partial charge in [-0.05, 0) is 24.1 Å². The summed E-state index contributed by atoms with van der Waals surface area (Å²) in [5.41, 5.74) is 2.70. The first-order valence-electron chi connectivity index (χ1n) is 5.87. The van der Waals surface area contributed by atoms with Crippen LogP contribution >= 0.6 is 11.6 Å². The third-order valence-electron chi connectivity index (χ3n) is 3.01. The van der Waals surface area contributed by atoms with E-state index in [2.05, 4.69) is 5.43 Å². The van der Waals surface area contributed by atoms with Gasteiger partial charge in [0.15, 0.2) is 11.6 Å². The van der Waals surface area contributed by atoms with Gasteiger partial charge in [-0.25, -0.2) is 13.2 Å². The quantitative estimate of drug-likeness (QED) is 0.670. The molecule has 0 saturated carbocycles. The fourth-order valence-electron chi connectivity index (χ4n) is 1.97. The molecule has 0 aliphatic carbocycles. The predicted octanol–water partition coefficient (Wildman–Crippen LogP) is 3.50. The molecule has 0 aliphatic rings. The van der Waals surface area contributed by atoms with E-state index < -0.39 is 23.5 Å². The molecule has 6 heteroatoms. The molecule has 106 valence electrons. The van der Waals surface area contributed by atoms with E-state index in [1.807, 2.05) is 0 Å². The van der Waals surface area contributed by atoms with Crippen molar-refractivity contribution in [2.24, 2.45) is 5.84 Å². The monoisotopic (exact) mass is 300 g/mol. The van der Waals surface area contributed by atoms with E-state index in [1.165, 1.54) is 24.3 Å². The van der Waals surface area contributed by atoms with Gasteiger partial charge in [0.25, 0.3) is 0 Å². The number of rotatable bonds is 4. The molecule has 2 rings (SSSR count). The number of benzene rings is 2. The largest absolute Gasteiger partial charge is 0.271 e.